The first-order chi connectivity index (χ1) is 7.99. The summed E-state index contributed by atoms with van der Waals surface area (Å²) in [6, 6.07) is 4.50. The number of nitrogens with two attached hydrogens (primary N) is 1. The first-order valence-corrected chi connectivity index (χ1v) is 5.12. The fourth-order valence-electron chi connectivity index (χ4n) is 1.48. The molecule has 2 aromatic rings. The second-order valence-electron chi connectivity index (χ2n) is 3.89. The van der Waals surface area contributed by atoms with Gasteiger partial charge in [0.25, 0.3) is 5.56 Å². The molecule has 0 aliphatic carbocycles. The molecule has 3 N–H and O–H groups in total. The molecule has 0 amide bonds. The molecule has 1 aromatic heterocycles. The Balaban J connectivity index is 2.61. The van der Waals surface area contributed by atoms with Gasteiger partial charge in [-0.05, 0) is 37.6 Å². The van der Waals surface area contributed by atoms with Gasteiger partial charge < -0.3 is 10.7 Å². The average Bonchev–Trinajstić information content (AvgIpc) is 2.29. The van der Waals surface area contributed by atoms with E-state index < -0.39 is 0 Å². The van der Waals surface area contributed by atoms with E-state index in [1.165, 1.54) is 6.07 Å². The predicted octanol–water partition coefficient (Wildman–Crippen LogP) is 1.78. The highest BCUT2D eigenvalue weighted by molar-refractivity contribution is 5.58. The molecule has 88 valence electrons. The molecule has 2 rings (SSSR count). The number of nitrogens with zero attached hydrogens (tertiary/aromatic N) is 1. The van der Waals surface area contributed by atoms with E-state index in [1.807, 2.05) is 0 Å². The van der Waals surface area contributed by atoms with Crippen LogP contribution in [-0.4, -0.2) is 9.97 Å². The molecule has 1 aromatic carbocycles. The van der Waals surface area contributed by atoms with Gasteiger partial charge >= 0.3 is 0 Å². The topological polar surface area (TPSA) is 71.8 Å². The summed E-state index contributed by atoms with van der Waals surface area (Å²) in [4.78, 5) is 18.2. The van der Waals surface area contributed by atoms with E-state index in [2.05, 4.69) is 9.97 Å². The molecular weight excluding hydrogens is 221 g/mol. The lowest BCUT2D eigenvalue weighted by Crippen LogP contribution is -2.15. The normalized spacial score (nSPS) is 10.5. The second kappa shape index (κ2) is 4.01. The van der Waals surface area contributed by atoms with Gasteiger partial charge in [-0.1, -0.05) is 0 Å². The smallest absolute Gasteiger partial charge is 0.256 e. The summed E-state index contributed by atoms with van der Waals surface area (Å²) in [5, 5.41) is 0. The van der Waals surface area contributed by atoms with Crippen LogP contribution in [0.2, 0.25) is 0 Å². The summed E-state index contributed by atoms with van der Waals surface area (Å²) in [7, 11) is 0. The lowest BCUT2D eigenvalue weighted by atomic mass is 10.1. The monoisotopic (exact) mass is 233 g/mol. The Morgan fingerprint density at radius 1 is 1.35 bits per heavy atom. The summed E-state index contributed by atoms with van der Waals surface area (Å²) in [5.41, 5.74) is 6.84. The van der Waals surface area contributed by atoms with Crippen molar-refractivity contribution in [2.45, 2.75) is 13.8 Å². The van der Waals surface area contributed by atoms with Crippen molar-refractivity contribution < 1.29 is 4.39 Å². The second-order valence-corrected chi connectivity index (χ2v) is 3.89. The minimum Gasteiger partial charge on any atom is -0.383 e. The van der Waals surface area contributed by atoms with Crippen molar-refractivity contribution in [2.75, 3.05) is 5.73 Å². The Labute approximate surface area is 97.3 Å². The van der Waals surface area contributed by atoms with Crippen molar-refractivity contribution in [1.82, 2.24) is 9.97 Å². The van der Waals surface area contributed by atoms with Crippen molar-refractivity contribution in [3.05, 3.63) is 45.5 Å². The van der Waals surface area contributed by atoms with Gasteiger partial charge in [-0.15, -0.1) is 0 Å². The number of nitrogen functional groups attached to an aromatic ring is 1. The zero-order chi connectivity index (χ0) is 12.6. The number of aromatic nitrogens is 2. The van der Waals surface area contributed by atoms with Crippen LogP contribution in [0, 0.1) is 19.7 Å². The highest BCUT2D eigenvalue weighted by atomic mass is 19.1. The minimum atomic E-state index is -0.295. The SMILES string of the molecule is Cc1cc(-c2nc(N)c(C)c(=O)[nH]2)ccc1F. The van der Waals surface area contributed by atoms with Crippen LogP contribution in [0.15, 0.2) is 23.0 Å². The Morgan fingerprint density at radius 3 is 2.65 bits per heavy atom. The molecule has 0 bridgehead atoms. The molecule has 17 heavy (non-hydrogen) atoms. The third-order valence-electron chi connectivity index (χ3n) is 2.62. The molecule has 4 nitrogen and oxygen atoms in total. The van der Waals surface area contributed by atoms with Crippen LogP contribution in [0.25, 0.3) is 11.4 Å². The molecule has 0 radical (unpaired) electrons. The van der Waals surface area contributed by atoms with Crippen molar-refractivity contribution in [3.63, 3.8) is 0 Å². The molecule has 0 aliphatic rings. The number of hydrogen-bond donors (Lipinski definition) is 2. The van der Waals surface area contributed by atoms with Gasteiger partial charge in [-0.25, -0.2) is 9.37 Å². The van der Waals surface area contributed by atoms with E-state index in [9.17, 15) is 9.18 Å². The molecule has 5 heteroatoms. The minimum absolute atomic E-state index is 0.186. The molecule has 0 unspecified atom stereocenters. The van der Waals surface area contributed by atoms with Gasteiger partial charge in [0.05, 0.1) is 5.56 Å². The lowest BCUT2D eigenvalue weighted by Gasteiger charge is -2.05. The third kappa shape index (κ3) is 2.04. The van der Waals surface area contributed by atoms with Crippen LogP contribution in [0.4, 0.5) is 10.2 Å². The zero-order valence-electron chi connectivity index (χ0n) is 9.54. The van der Waals surface area contributed by atoms with Gasteiger partial charge in [0.15, 0.2) is 0 Å². The third-order valence-corrected chi connectivity index (χ3v) is 2.62. The van der Waals surface area contributed by atoms with Gasteiger partial charge in [-0.3, -0.25) is 4.79 Å². The number of nitrogens with one attached hydrogen (secondary N) is 1. The summed E-state index contributed by atoms with van der Waals surface area (Å²) >= 11 is 0. The van der Waals surface area contributed by atoms with Crippen LogP contribution >= 0.6 is 0 Å². The van der Waals surface area contributed by atoms with E-state index in [0.717, 1.165) is 0 Å². The van der Waals surface area contributed by atoms with E-state index in [-0.39, 0.29) is 17.2 Å². The Hall–Kier alpha value is -2.17. The molecule has 0 aliphatic heterocycles. The number of aromatic amines is 1. The van der Waals surface area contributed by atoms with E-state index >= 15 is 0 Å². The molecule has 0 saturated carbocycles. The number of halogens is 1. The van der Waals surface area contributed by atoms with Crippen LogP contribution in [0.5, 0.6) is 0 Å². The maximum Gasteiger partial charge on any atom is 0.256 e. The zero-order valence-corrected chi connectivity index (χ0v) is 9.54. The maximum atomic E-state index is 13.1. The Morgan fingerprint density at radius 2 is 2.06 bits per heavy atom. The Bertz CT molecular complexity index is 634. The van der Waals surface area contributed by atoms with E-state index in [4.69, 9.17) is 5.73 Å². The van der Waals surface area contributed by atoms with Crippen LogP contribution in [-0.2, 0) is 0 Å². The summed E-state index contributed by atoms with van der Waals surface area (Å²) in [6.07, 6.45) is 0. The largest absolute Gasteiger partial charge is 0.383 e. The number of rotatable bonds is 1. The number of hydrogen-bond acceptors (Lipinski definition) is 3. The number of H-pyrrole nitrogens is 1. The van der Waals surface area contributed by atoms with Gasteiger partial charge in [0.1, 0.15) is 17.5 Å². The van der Waals surface area contributed by atoms with Crippen molar-refractivity contribution in [2.24, 2.45) is 0 Å². The lowest BCUT2D eigenvalue weighted by molar-refractivity contribution is 0.618. The maximum absolute atomic E-state index is 13.1. The fourth-order valence-corrected chi connectivity index (χ4v) is 1.48. The predicted molar refractivity (Wildman–Crippen MR) is 64.1 cm³/mol. The highest BCUT2D eigenvalue weighted by Gasteiger charge is 2.07. The average molecular weight is 233 g/mol. The van der Waals surface area contributed by atoms with Crippen molar-refractivity contribution in [1.29, 1.82) is 0 Å². The number of anilines is 1. The Kier molecular flexibility index (Phi) is 2.67. The molecule has 0 spiro atoms. The first-order valence-electron chi connectivity index (χ1n) is 5.12. The van der Waals surface area contributed by atoms with Crippen LogP contribution < -0.4 is 11.3 Å². The molecule has 1 heterocycles. The standard InChI is InChI=1S/C12H12FN3O/c1-6-5-8(3-4-9(6)13)11-15-10(14)7(2)12(17)16-11/h3-5H,1-2H3,(H3,14,15,16,17). The highest BCUT2D eigenvalue weighted by Crippen LogP contribution is 2.18. The van der Waals surface area contributed by atoms with Crippen molar-refractivity contribution in [3.8, 4) is 11.4 Å². The van der Waals surface area contributed by atoms with Crippen LogP contribution in [0.3, 0.4) is 0 Å². The quantitative estimate of drug-likeness (QED) is 0.788. The number of aryl methyl sites for hydroxylation is 1. The molecular formula is C12H12FN3O. The first kappa shape index (κ1) is 11.3. The number of benzene rings is 1. The van der Waals surface area contributed by atoms with Gasteiger partial charge in [0.2, 0.25) is 0 Å². The molecule has 0 fully saturated rings. The van der Waals surface area contributed by atoms with E-state index in [1.54, 1.807) is 26.0 Å². The van der Waals surface area contributed by atoms with Gasteiger partial charge in [-0.2, -0.15) is 0 Å². The molecule has 0 atom stereocenters. The van der Waals surface area contributed by atoms with E-state index in [0.29, 0.717) is 22.5 Å². The molecule has 0 saturated heterocycles. The summed E-state index contributed by atoms with van der Waals surface area (Å²) in [6.45, 7) is 3.25. The van der Waals surface area contributed by atoms with Gasteiger partial charge in [0, 0.05) is 5.56 Å². The fraction of sp³-hybridized carbons (Fsp3) is 0.167. The summed E-state index contributed by atoms with van der Waals surface area (Å²) in [5.74, 6) is 0.239. The van der Waals surface area contributed by atoms with Crippen molar-refractivity contribution >= 4 is 5.82 Å². The summed E-state index contributed by atoms with van der Waals surface area (Å²) < 4.78 is 13.1. The van der Waals surface area contributed by atoms with Crippen LogP contribution in [0.1, 0.15) is 11.1 Å².